The molecule has 126 valence electrons. The number of aliphatic hydroxyl groups is 1. The van der Waals surface area contributed by atoms with Crippen molar-refractivity contribution < 1.29 is 14.6 Å². The summed E-state index contributed by atoms with van der Waals surface area (Å²) in [6.45, 7) is 5.79. The summed E-state index contributed by atoms with van der Waals surface area (Å²) in [5.74, 6) is 2.11. The molecule has 1 atom stereocenters. The third kappa shape index (κ3) is 6.69. The lowest BCUT2D eigenvalue weighted by atomic mass is 10.1. The van der Waals surface area contributed by atoms with Crippen LogP contribution in [-0.4, -0.2) is 39.2 Å². The van der Waals surface area contributed by atoms with E-state index in [0.717, 1.165) is 24.3 Å². The Kier molecular flexibility index (Phi) is 6.87. The van der Waals surface area contributed by atoms with Gasteiger partial charge in [-0.1, -0.05) is 13.8 Å². The van der Waals surface area contributed by atoms with Crippen molar-refractivity contribution in [2.75, 3.05) is 13.2 Å². The lowest BCUT2D eigenvalue weighted by Crippen LogP contribution is -2.18. The van der Waals surface area contributed by atoms with Crippen LogP contribution in [0.1, 0.15) is 26.7 Å². The molecule has 1 aromatic carbocycles. The fourth-order valence-corrected chi connectivity index (χ4v) is 2.04. The molecule has 0 radical (unpaired) electrons. The molecule has 0 aliphatic rings. The molecular weight excluding hydrogens is 294 g/mol. The third-order valence-corrected chi connectivity index (χ3v) is 3.40. The van der Waals surface area contributed by atoms with Gasteiger partial charge in [0.15, 0.2) is 0 Å². The van der Waals surface area contributed by atoms with Gasteiger partial charge in [-0.2, -0.15) is 5.10 Å². The monoisotopic (exact) mass is 319 g/mol. The first-order valence-electron chi connectivity index (χ1n) is 7.99. The fraction of sp³-hybridized carbons (Fsp3) is 0.529. The number of hydrogen-bond acceptors (Lipinski definition) is 5. The van der Waals surface area contributed by atoms with Crippen molar-refractivity contribution in [3.8, 4) is 11.5 Å². The van der Waals surface area contributed by atoms with E-state index in [1.54, 1.807) is 11.0 Å². The van der Waals surface area contributed by atoms with E-state index in [4.69, 9.17) is 9.47 Å². The van der Waals surface area contributed by atoms with Gasteiger partial charge in [-0.25, -0.2) is 9.67 Å². The summed E-state index contributed by atoms with van der Waals surface area (Å²) in [4.78, 5) is 3.88. The van der Waals surface area contributed by atoms with Crippen LogP contribution < -0.4 is 9.47 Å². The normalized spacial score (nSPS) is 12.3. The molecular formula is C17H25N3O3. The van der Waals surface area contributed by atoms with Crippen molar-refractivity contribution >= 4 is 0 Å². The Hall–Kier alpha value is -2.08. The van der Waals surface area contributed by atoms with Crippen molar-refractivity contribution in [3.63, 3.8) is 0 Å². The summed E-state index contributed by atoms with van der Waals surface area (Å²) >= 11 is 0. The number of nitrogens with zero attached hydrogens (tertiary/aromatic N) is 3. The van der Waals surface area contributed by atoms with Crippen molar-refractivity contribution in [2.24, 2.45) is 5.92 Å². The van der Waals surface area contributed by atoms with E-state index in [9.17, 15) is 5.11 Å². The van der Waals surface area contributed by atoms with Crippen LogP contribution in [0.3, 0.4) is 0 Å². The number of aliphatic hydroxyl groups excluding tert-OH is 1. The maximum atomic E-state index is 9.86. The van der Waals surface area contributed by atoms with E-state index in [-0.39, 0.29) is 0 Å². The summed E-state index contributed by atoms with van der Waals surface area (Å²) in [5.41, 5.74) is 0. The van der Waals surface area contributed by atoms with Gasteiger partial charge in [-0.15, -0.1) is 0 Å². The first kappa shape index (κ1) is 17.3. The second-order valence-electron chi connectivity index (χ2n) is 5.91. The lowest BCUT2D eigenvalue weighted by molar-refractivity contribution is 0.0950. The van der Waals surface area contributed by atoms with Crippen LogP contribution in [-0.2, 0) is 6.54 Å². The van der Waals surface area contributed by atoms with Crippen LogP contribution in [0.25, 0.3) is 0 Å². The Morgan fingerprint density at radius 3 is 2.39 bits per heavy atom. The second kappa shape index (κ2) is 9.15. The third-order valence-electron chi connectivity index (χ3n) is 3.40. The predicted octanol–water partition coefficient (Wildman–Crippen LogP) is 2.53. The molecule has 1 heterocycles. The molecule has 0 saturated heterocycles. The van der Waals surface area contributed by atoms with Crippen molar-refractivity contribution in [1.82, 2.24) is 14.8 Å². The molecule has 2 aromatic rings. The van der Waals surface area contributed by atoms with Crippen LogP contribution >= 0.6 is 0 Å². The van der Waals surface area contributed by atoms with Gasteiger partial charge < -0.3 is 14.6 Å². The fourth-order valence-electron chi connectivity index (χ4n) is 2.04. The lowest BCUT2D eigenvalue weighted by Gasteiger charge is -2.14. The second-order valence-corrected chi connectivity index (χ2v) is 5.91. The van der Waals surface area contributed by atoms with Gasteiger partial charge >= 0.3 is 0 Å². The van der Waals surface area contributed by atoms with Crippen LogP contribution in [0.4, 0.5) is 0 Å². The molecule has 6 heteroatoms. The Balaban J connectivity index is 1.67. The SMILES string of the molecule is CC(C)CCC(O)COc1ccc(OCCn2cncn2)cc1. The maximum absolute atomic E-state index is 9.86. The Morgan fingerprint density at radius 1 is 1.09 bits per heavy atom. The average Bonchev–Trinajstić information content (AvgIpc) is 3.05. The van der Waals surface area contributed by atoms with E-state index in [1.165, 1.54) is 6.33 Å². The molecule has 1 aromatic heterocycles. The Bertz CT molecular complexity index is 541. The highest BCUT2D eigenvalue weighted by atomic mass is 16.5. The molecule has 0 fully saturated rings. The highest BCUT2D eigenvalue weighted by Crippen LogP contribution is 2.18. The standard InChI is InChI=1S/C17H25N3O3/c1-14(2)3-4-15(21)11-23-17-7-5-16(6-8-17)22-10-9-20-13-18-12-19-20/h5-8,12-15,21H,3-4,9-11H2,1-2H3. The zero-order chi connectivity index (χ0) is 16.5. The number of rotatable bonds is 10. The van der Waals surface area contributed by atoms with Crippen LogP contribution in [0.15, 0.2) is 36.9 Å². The molecule has 0 saturated carbocycles. The maximum Gasteiger partial charge on any atom is 0.137 e. The van der Waals surface area contributed by atoms with Crippen molar-refractivity contribution in [1.29, 1.82) is 0 Å². The topological polar surface area (TPSA) is 69.4 Å². The Morgan fingerprint density at radius 2 is 1.78 bits per heavy atom. The largest absolute Gasteiger partial charge is 0.492 e. The van der Waals surface area contributed by atoms with Crippen molar-refractivity contribution in [2.45, 2.75) is 39.3 Å². The molecule has 0 aliphatic heterocycles. The molecule has 6 nitrogen and oxygen atoms in total. The van der Waals surface area contributed by atoms with Crippen molar-refractivity contribution in [3.05, 3.63) is 36.9 Å². The zero-order valence-corrected chi connectivity index (χ0v) is 13.8. The smallest absolute Gasteiger partial charge is 0.137 e. The molecule has 0 amide bonds. The summed E-state index contributed by atoms with van der Waals surface area (Å²) in [7, 11) is 0. The van der Waals surface area contributed by atoms with Crippen LogP contribution in [0, 0.1) is 5.92 Å². The molecule has 1 N–H and O–H groups in total. The first-order chi connectivity index (χ1) is 11.1. The number of aromatic nitrogens is 3. The molecule has 0 bridgehead atoms. The first-order valence-corrected chi connectivity index (χ1v) is 7.99. The van der Waals surface area contributed by atoms with Gasteiger partial charge in [-0.05, 0) is 43.0 Å². The van der Waals surface area contributed by atoms with Gasteiger partial charge in [0.1, 0.15) is 37.4 Å². The van der Waals surface area contributed by atoms with E-state index < -0.39 is 6.10 Å². The molecule has 23 heavy (non-hydrogen) atoms. The number of ether oxygens (including phenoxy) is 2. The number of hydrogen-bond donors (Lipinski definition) is 1. The Labute approximate surface area is 137 Å². The average molecular weight is 319 g/mol. The minimum absolute atomic E-state index is 0.319. The minimum Gasteiger partial charge on any atom is -0.492 e. The number of benzene rings is 1. The minimum atomic E-state index is -0.420. The summed E-state index contributed by atoms with van der Waals surface area (Å²) in [6.07, 6.45) is 4.51. The molecule has 1 unspecified atom stereocenters. The summed E-state index contributed by atoms with van der Waals surface area (Å²) in [5, 5.41) is 13.9. The van der Waals surface area contributed by atoms with Gasteiger partial charge in [0.2, 0.25) is 0 Å². The predicted molar refractivity (Wildman–Crippen MR) is 87.5 cm³/mol. The van der Waals surface area contributed by atoms with E-state index in [1.807, 2.05) is 24.3 Å². The van der Waals surface area contributed by atoms with E-state index >= 15 is 0 Å². The molecule has 0 aliphatic carbocycles. The highest BCUT2D eigenvalue weighted by Gasteiger charge is 2.07. The summed E-state index contributed by atoms with van der Waals surface area (Å²) in [6, 6.07) is 7.41. The van der Waals surface area contributed by atoms with E-state index in [2.05, 4.69) is 23.9 Å². The molecule has 2 rings (SSSR count). The van der Waals surface area contributed by atoms with Gasteiger partial charge in [0, 0.05) is 0 Å². The molecule has 0 spiro atoms. The van der Waals surface area contributed by atoms with E-state index in [0.29, 0.717) is 25.7 Å². The summed E-state index contributed by atoms with van der Waals surface area (Å²) < 4.78 is 12.9. The van der Waals surface area contributed by atoms with Crippen LogP contribution in [0.2, 0.25) is 0 Å². The van der Waals surface area contributed by atoms with Gasteiger partial charge in [0.05, 0.1) is 12.6 Å². The highest BCUT2D eigenvalue weighted by molar-refractivity contribution is 5.31. The quantitative estimate of drug-likeness (QED) is 0.729. The zero-order valence-electron chi connectivity index (χ0n) is 13.8. The van der Waals surface area contributed by atoms with Gasteiger partial charge in [0.25, 0.3) is 0 Å². The van der Waals surface area contributed by atoms with Crippen LogP contribution in [0.5, 0.6) is 11.5 Å². The van der Waals surface area contributed by atoms with Gasteiger partial charge in [-0.3, -0.25) is 0 Å².